The summed E-state index contributed by atoms with van der Waals surface area (Å²) in [5, 5.41) is 0. The van der Waals surface area contributed by atoms with Crippen LogP contribution in [0.5, 0.6) is 0 Å². The Morgan fingerprint density at radius 2 is 2.17 bits per heavy atom. The Labute approximate surface area is 80.5 Å². The molecule has 0 aliphatic heterocycles. The van der Waals surface area contributed by atoms with E-state index in [0.29, 0.717) is 0 Å². The van der Waals surface area contributed by atoms with E-state index in [0.717, 1.165) is 25.7 Å². The second-order valence-corrected chi connectivity index (χ2v) is 3.25. The van der Waals surface area contributed by atoms with E-state index in [1.165, 1.54) is 0 Å². The SMILES string of the molecule is CCCCC(CC)C(=O)[O][V]=[O]. The van der Waals surface area contributed by atoms with Crippen LogP contribution < -0.4 is 0 Å². The molecule has 0 amide bonds. The fourth-order valence-electron chi connectivity index (χ4n) is 1.05. The minimum atomic E-state index is -1.46. The fourth-order valence-corrected chi connectivity index (χ4v) is 1.40. The molecule has 70 valence electrons. The molecule has 0 fully saturated rings. The molecular formula is C8H15O3V. The van der Waals surface area contributed by atoms with E-state index in [9.17, 15) is 8.47 Å². The summed E-state index contributed by atoms with van der Waals surface area (Å²) in [4.78, 5) is 11.1. The summed E-state index contributed by atoms with van der Waals surface area (Å²) in [5.41, 5.74) is 0. The van der Waals surface area contributed by atoms with Gasteiger partial charge in [-0.3, -0.25) is 0 Å². The quantitative estimate of drug-likeness (QED) is 0.674. The zero-order chi connectivity index (χ0) is 9.40. The van der Waals surface area contributed by atoms with Gasteiger partial charge in [-0.25, -0.2) is 0 Å². The van der Waals surface area contributed by atoms with E-state index in [-0.39, 0.29) is 11.9 Å². The molecule has 1 atom stereocenters. The van der Waals surface area contributed by atoms with Crippen LogP contribution in [-0.4, -0.2) is 5.97 Å². The van der Waals surface area contributed by atoms with Gasteiger partial charge in [0.25, 0.3) is 0 Å². The predicted octanol–water partition coefficient (Wildman–Crippen LogP) is 2.09. The first kappa shape index (κ1) is 11.9. The maximum absolute atomic E-state index is 11.1. The minimum absolute atomic E-state index is 0.0470. The van der Waals surface area contributed by atoms with Gasteiger partial charge in [0.15, 0.2) is 0 Å². The normalized spacial score (nSPS) is 12.2. The first-order chi connectivity index (χ1) is 5.76. The van der Waals surface area contributed by atoms with E-state index in [4.69, 9.17) is 0 Å². The molecule has 0 N–H and O–H groups in total. The number of hydrogen-bond acceptors (Lipinski definition) is 3. The summed E-state index contributed by atoms with van der Waals surface area (Å²) < 4.78 is 14.6. The van der Waals surface area contributed by atoms with Gasteiger partial charge in [-0.2, -0.15) is 0 Å². The molecule has 0 aromatic rings. The second kappa shape index (κ2) is 7.50. The van der Waals surface area contributed by atoms with Crippen LogP contribution in [0.2, 0.25) is 0 Å². The van der Waals surface area contributed by atoms with Gasteiger partial charge in [0.05, 0.1) is 0 Å². The molecule has 0 rings (SSSR count). The average Bonchev–Trinajstić information content (AvgIpc) is 2.06. The zero-order valence-electron chi connectivity index (χ0n) is 7.58. The maximum atomic E-state index is 11.1. The molecule has 0 saturated heterocycles. The van der Waals surface area contributed by atoms with E-state index in [2.05, 4.69) is 10.6 Å². The van der Waals surface area contributed by atoms with Gasteiger partial charge in [0, 0.05) is 0 Å². The van der Waals surface area contributed by atoms with Gasteiger partial charge < -0.3 is 0 Å². The number of carbonyl (C=O) groups is 1. The first-order valence-electron chi connectivity index (χ1n) is 4.29. The Balaban J connectivity index is 3.78. The number of carbonyl (C=O) groups excluding carboxylic acids is 1. The third-order valence-electron chi connectivity index (χ3n) is 1.86. The molecule has 1 unspecified atom stereocenters. The Hall–Kier alpha value is -0.146. The van der Waals surface area contributed by atoms with Gasteiger partial charge in [-0.05, 0) is 0 Å². The van der Waals surface area contributed by atoms with Crippen molar-refractivity contribution in [1.29, 1.82) is 0 Å². The van der Waals surface area contributed by atoms with Crippen molar-refractivity contribution in [2.24, 2.45) is 5.92 Å². The standard InChI is InChI=1S/C8H16O2.O.V/c1-3-5-6-7(4-2)8(9)10;;/h7H,3-6H2,1-2H3,(H,9,10);;/q;;+1/p-1. The summed E-state index contributed by atoms with van der Waals surface area (Å²) in [5.74, 6) is -0.338. The predicted molar refractivity (Wildman–Crippen MR) is 40.1 cm³/mol. The summed E-state index contributed by atoms with van der Waals surface area (Å²) >= 11 is -1.46. The van der Waals surface area contributed by atoms with Gasteiger partial charge in [-0.1, -0.05) is 0 Å². The van der Waals surface area contributed by atoms with Crippen molar-refractivity contribution in [3.63, 3.8) is 0 Å². The van der Waals surface area contributed by atoms with Gasteiger partial charge >= 0.3 is 80.1 Å². The average molecular weight is 210 g/mol. The molecule has 4 heteroatoms. The molecule has 0 aliphatic carbocycles. The number of unbranched alkanes of at least 4 members (excludes halogenated alkanes) is 1. The van der Waals surface area contributed by atoms with Crippen LogP contribution in [0.15, 0.2) is 0 Å². The molecule has 12 heavy (non-hydrogen) atoms. The van der Waals surface area contributed by atoms with Crippen molar-refractivity contribution in [1.82, 2.24) is 0 Å². The van der Waals surface area contributed by atoms with Gasteiger partial charge in [-0.15, -0.1) is 0 Å². The third kappa shape index (κ3) is 4.68. The third-order valence-corrected chi connectivity index (χ3v) is 2.26. The second-order valence-electron chi connectivity index (χ2n) is 2.73. The van der Waals surface area contributed by atoms with Gasteiger partial charge in [0.1, 0.15) is 0 Å². The van der Waals surface area contributed by atoms with Crippen LogP contribution >= 0.6 is 0 Å². The van der Waals surface area contributed by atoms with E-state index >= 15 is 0 Å². The van der Waals surface area contributed by atoms with Crippen LogP contribution in [0.4, 0.5) is 0 Å². The topological polar surface area (TPSA) is 43.4 Å². The summed E-state index contributed by atoms with van der Waals surface area (Å²) in [6.07, 6.45) is 3.74. The monoisotopic (exact) mass is 210 g/mol. The van der Waals surface area contributed by atoms with Crippen molar-refractivity contribution in [2.45, 2.75) is 39.5 Å². The Bertz CT molecular complexity index is 147. The molecule has 0 aromatic heterocycles. The molecule has 0 bridgehead atoms. The number of rotatable bonds is 6. The summed E-state index contributed by atoms with van der Waals surface area (Å²) in [6.45, 7) is 4.03. The van der Waals surface area contributed by atoms with Crippen LogP contribution in [0.3, 0.4) is 0 Å². The van der Waals surface area contributed by atoms with Crippen LogP contribution in [-0.2, 0) is 28.7 Å². The Morgan fingerprint density at radius 3 is 2.58 bits per heavy atom. The molecule has 0 aliphatic rings. The van der Waals surface area contributed by atoms with Crippen molar-refractivity contribution < 1.29 is 28.7 Å². The Kier molecular flexibility index (Phi) is 7.41. The zero-order valence-corrected chi connectivity index (χ0v) is 8.97. The van der Waals surface area contributed by atoms with E-state index in [1.54, 1.807) is 0 Å². The molecule has 0 saturated carbocycles. The Morgan fingerprint density at radius 1 is 1.50 bits per heavy atom. The fraction of sp³-hybridized carbons (Fsp3) is 0.875. The van der Waals surface area contributed by atoms with Crippen LogP contribution in [0.25, 0.3) is 0 Å². The summed E-state index contributed by atoms with van der Waals surface area (Å²) in [7, 11) is 0. The van der Waals surface area contributed by atoms with Crippen LogP contribution in [0, 0.1) is 5.92 Å². The van der Waals surface area contributed by atoms with Crippen molar-refractivity contribution in [3.05, 3.63) is 0 Å². The van der Waals surface area contributed by atoms with Gasteiger partial charge in [0.2, 0.25) is 0 Å². The van der Waals surface area contributed by atoms with E-state index < -0.39 is 16.6 Å². The molecule has 0 radical (unpaired) electrons. The summed E-state index contributed by atoms with van der Waals surface area (Å²) in [6, 6.07) is 0. The van der Waals surface area contributed by atoms with Crippen molar-refractivity contribution in [3.8, 4) is 0 Å². The van der Waals surface area contributed by atoms with Crippen LogP contribution in [0.1, 0.15) is 39.5 Å². The first-order valence-corrected chi connectivity index (χ1v) is 5.43. The molecular weight excluding hydrogens is 195 g/mol. The van der Waals surface area contributed by atoms with E-state index in [1.807, 2.05) is 6.92 Å². The molecule has 3 nitrogen and oxygen atoms in total. The number of hydrogen-bond donors (Lipinski definition) is 0. The molecule has 0 spiro atoms. The van der Waals surface area contributed by atoms with Crippen molar-refractivity contribution in [2.75, 3.05) is 0 Å². The van der Waals surface area contributed by atoms with Crippen molar-refractivity contribution >= 4 is 5.97 Å². The molecule has 0 heterocycles. The molecule has 0 aromatic carbocycles.